The molecular formula is C11H21BrN4O. The van der Waals surface area contributed by atoms with Crippen molar-refractivity contribution in [2.45, 2.75) is 49.9 Å². The van der Waals surface area contributed by atoms with E-state index in [4.69, 9.17) is 5.53 Å². The molecule has 5 nitrogen and oxygen atoms in total. The summed E-state index contributed by atoms with van der Waals surface area (Å²) in [6.45, 7) is 1.90. The van der Waals surface area contributed by atoms with Crippen LogP contribution in [0.5, 0.6) is 0 Å². The fourth-order valence-corrected chi connectivity index (χ4v) is 1.84. The van der Waals surface area contributed by atoms with E-state index < -0.39 is 0 Å². The molecule has 0 aliphatic rings. The van der Waals surface area contributed by atoms with Gasteiger partial charge in [-0.2, -0.15) is 0 Å². The molecule has 0 rings (SSSR count). The Hall–Kier alpha value is -0.740. The van der Waals surface area contributed by atoms with Crippen LogP contribution in [0.15, 0.2) is 5.11 Å². The van der Waals surface area contributed by atoms with E-state index in [1.807, 2.05) is 6.92 Å². The van der Waals surface area contributed by atoms with E-state index in [0.29, 0.717) is 6.42 Å². The highest BCUT2D eigenvalue weighted by molar-refractivity contribution is 9.09. The van der Waals surface area contributed by atoms with Crippen LogP contribution in [0.4, 0.5) is 0 Å². The van der Waals surface area contributed by atoms with Crippen molar-refractivity contribution in [3.63, 3.8) is 0 Å². The molecule has 0 saturated carbocycles. The summed E-state index contributed by atoms with van der Waals surface area (Å²) in [5.74, 6) is 0.183. The van der Waals surface area contributed by atoms with E-state index in [1.54, 1.807) is 19.0 Å². The van der Waals surface area contributed by atoms with Crippen LogP contribution >= 0.6 is 15.9 Å². The van der Waals surface area contributed by atoms with Gasteiger partial charge in [0.2, 0.25) is 5.91 Å². The quantitative estimate of drug-likeness (QED) is 0.222. The van der Waals surface area contributed by atoms with Gasteiger partial charge in [0.25, 0.3) is 0 Å². The first-order valence-electron chi connectivity index (χ1n) is 5.87. The lowest BCUT2D eigenvalue weighted by molar-refractivity contribution is -0.128. The first kappa shape index (κ1) is 16.3. The molecule has 17 heavy (non-hydrogen) atoms. The number of rotatable bonds is 8. The number of alkyl halides is 1. The summed E-state index contributed by atoms with van der Waals surface area (Å²) in [7, 11) is 3.55. The number of carbonyl (C=O) groups excluding carboxylic acids is 1. The zero-order valence-corrected chi connectivity index (χ0v) is 12.4. The van der Waals surface area contributed by atoms with Gasteiger partial charge in [-0.1, -0.05) is 40.8 Å². The second-order valence-corrected chi connectivity index (χ2v) is 5.53. The minimum absolute atomic E-state index is 0.0246. The smallest absolute Gasteiger partial charge is 0.222 e. The standard InChI is InChI=1S/C11H21BrN4O/c1-9(14-15-13)10(12)7-5-4-6-8-11(17)16(2)3/h9-10H,4-8H2,1-3H3. The largest absolute Gasteiger partial charge is 0.349 e. The zero-order chi connectivity index (χ0) is 13.3. The first-order valence-corrected chi connectivity index (χ1v) is 6.79. The monoisotopic (exact) mass is 304 g/mol. The van der Waals surface area contributed by atoms with Gasteiger partial charge in [0.05, 0.1) is 0 Å². The van der Waals surface area contributed by atoms with Gasteiger partial charge < -0.3 is 4.90 Å². The predicted molar refractivity (Wildman–Crippen MR) is 73.1 cm³/mol. The normalized spacial score (nSPS) is 13.6. The lowest BCUT2D eigenvalue weighted by Crippen LogP contribution is -2.21. The van der Waals surface area contributed by atoms with Crippen molar-refractivity contribution in [2.75, 3.05) is 14.1 Å². The second kappa shape index (κ2) is 9.31. The Morgan fingerprint density at radius 3 is 2.59 bits per heavy atom. The van der Waals surface area contributed by atoms with Gasteiger partial charge >= 0.3 is 0 Å². The molecule has 2 atom stereocenters. The fourth-order valence-electron chi connectivity index (χ4n) is 1.41. The van der Waals surface area contributed by atoms with Gasteiger partial charge in [-0.05, 0) is 18.4 Å². The molecule has 98 valence electrons. The van der Waals surface area contributed by atoms with E-state index in [1.165, 1.54) is 0 Å². The molecule has 0 bridgehead atoms. The maximum absolute atomic E-state index is 11.3. The van der Waals surface area contributed by atoms with E-state index in [2.05, 4.69) is 26.0 Å². The third-order valence-electron chi connectivity index (χ3n) is 2.63. The van der Waals surface area contributed by atoms with Crippen LogP contribution in [0, 0.1) is 0 Å². The van der Waals surface area contributed by atoms with Crippen LogP contribution < -0.4 is 0 Å². The Bertz CT molecular complexity index is 277. The average molecular weight is 305 g/mol. The number of azide groups is 1. The highest BCUT2D eigenvalue weighted by Crippen LogP contribution is 2.17. The topological polar surface area (TPSA) is 69.1 Å². The van der Waals surface area contributed by atoms with Crippen LogP contribution in [0.25, 0.3) is 10.4 Å². The maximum atomic E-state index is 11.3. The molecule has 6 heteroatoms. The molecule has 0 heterocycles. The van der Waals surface area contributed by atoms with E-state index in [-0.39, 0.29) is 16.8 Å². The Balaban J connectivity index is 3.58. The Morgan fingerprint density at radius 1 is 1.41 bits per heavy atom. The van der Waals surface area contributed by atoms with Crippen molar-refractivity contribution in [1.29, 1.82) is 0 Å². The summed E-state index contributed by atoms with van der Waals surface area (Å²) in [5, 5.41) is 3.65. The third-order valence-corrected chi connectivity index (χ3v) is 3.85. The molecule has 0 aliphatic heterocycles. The number of nitrogens with zero attached hydrogens (tertiary/aromatic N) is 4. The Morgan fingerprint density at radius 2 is 2.06 bits per heavy atom. The molecule has 0 aromatic carbocycles. The van der Waals surface area contributed by atoms with Crippen molar-refractivity contribution in [3.05, 3.63) is 10.4 Å². The summed E-state index contributed by atoms with van der Waals surface area (Å²) >= 11 is 3.51. The van der Waals surface area contributed by atoms with Crippen molar-refractivity contribution in [2.24, 2.45) is 5.11 Å². The second-order valence-electron chi connectivity index (χ2n) is 4.35. The fraction of sp³-hybridized carbons (Fsp3) is 0.909. The number of amides is 1. The molecular weight excluding hydrogens is 284 g/mol. The number of halogens is 1. The first-order chi connectivity index (χ1) is 7.99. The third kappa shape index (κ3) is 8.05. The number of carbonyl (C=O) groups is 1. The van der Waals surface area contributed by atoms with Crippen molar-refractivity contribution >= 4 is 21.8 Å². The summed E-state index contributed by atoms with van der Waals surface area (Å²) in [6.07, 6.45) is 4.58. The minimum atomic E-state index is -0.0246. The summed E-state index contributed by atoms with van der Waals surface area (Å²) < 4.78 is 0. The zero-order valence-electron chi connectivity index (χ0n) is 10.8. The van der Waals surface area contributed by atoms with Crippen molar-refractivity contribution < 1.29 is 4.79 Å². The van der Waals surface area contributed by atoms with Crippen LogP contribution in [0.1, 0.15) is 39.0 Å². The maximum Gasteiger partial charge on any atom is 0.222 e. The summed E-state index contributed by atoms with van der Waals surface area (Å²) in [4.78, 5) is 15.9. The molecule has 0 aromatic rings. The van der Waals surface area contributed by atoms with Crippen LogP contribution in [-0.2, 0) is 4.79 Å². The van der Waals surface area contributed by atoms with Gasteiger partial charge in [-0.3, -0.25) is 4.79 Å². The van der Waals surface area contributed by atoms with Crippen LogP contribution in [0.2, 0.25) is 0 Å². The molecule has 0 aromatic heterocycles. The van der Waals surface area contributed by atoms with E-state index >= 15 is 0 Å². The van der Waals surface area contributed by atoms with Crippen molar-refractivity contribution in [3.8, 4) is 0 Å². The van der Waals surface area contributed by atoms with Gasteiger partial charge in [0, 0.05) is 36.3 Å². The highest BCUT2D eigenvalue weighted by atomic mass is 79.9. The highest BCUT2D eigenvalue weighted by Gasteiger charge is 2.11. The molecule has 0 fully saturated rings. The van der Waals surface area contributed by atoms with E-state index in [9.17, 15) is 4.79 Å². The van der Waals surface area contributed by atoms with Gasteiger partial charge in [-0.25, -0.2) is 0 Å². The van der Waals surface area contributed by atoms with Gasteiger partial charge in [-0.15, -0.1) is 0 Å². The Kier molecular flexibility index (Phi) is 8.90. The van der Waals surface area contributed by atoms with Gasteiger partial charge in [0.1, 0.15) is 0 Å². The molecule has 0 N–H and O–H groups in total. The van der Waals surface area contributed by atoms with Crippen molar-refractivity contribution in [1.82, 2.24) is 4.90 Å². The summed E-state index contributed by atoms with van der Waals surface area (Å²) in [5.41, 5.74) is 8.30. The molecule has 0 radical (unpaired) electrons. The lowest BCUT2D eigenvalue weighted by Gasteiger charge is -2.13. The minimum Gasteiger partial charge on any atom is -0.349 e. The summed E-state index contributed by atoms with van der Waals surface area (Å²) in [6, 6.07) is -0.0246. The van der Waals surface area contributed by atoms with Gasteiger partial charge in [0.15, 0.2) is 0 Å². The molecule has 0 aliphatic carbocycles. The molecule has 1 amide bonds. The average Bonchev–Trinajstić information content (AvgIpc) is 2.28. The molecule has 0 spiro atoms. The number of hydrogen-bond donors (Lipinski definition) is 0. The van der Waals surface area contributed by atoms with Crippen LogP contribution in [0.3, 0.4) is 0 Å². The predicted octanol–water partition coefficient (Wildman–Crippen LogP) is 3.49. The molecule has 2 unspecified atom stereocenters. The Labute approximate surface area is 111 Å². The molecule has 0 saturated heterocycles. The SMILES string of the molecule is CC(N=[N+]=[N-])C(Br)CCCCCC(=O)N(C)C. The van der Waals surface area contributed by atoms with E-state index in [0.717, 1.165) is 25.7 Å². The lowest BCUT2D eigenvalue weighted by atomic mass is 10.1. The van der Waals surface area contributed by atoms with Crippen LogP contribution in [-0.4, -0.2) is 35.8 Å². The number of unbranched alkanes of at least 4 members (excludes halogenated alkanes) is 2. The number of hydrogen-bond acceptors (Lipinski definition) is 2.